The van der Waals surface area contributed by atoms with E-state index in [2.05, 4.69) is 16.0 Å². The van der Waals surface area contributed by atoms with Crippen LogP contribution in [0.1, 0.15) is 5.56 Å². The summed E-state index contributed by atoms with van der Waals surface area (Å²) in [6.45, 7) is 0. The molecule has 0 spiro atoms. The van der Waals surface area contributed by atoms with Crippen LogP contribution in [-0.4, -0.2) is 33.0 Å². The predicted molar refractivity (Wildman–Crippen MR) is 71.3 cm³/mol. The Labute approximate surface area is 107 Å². The SMILES string of the molecule is CNC(=O)C(Cc1ccccc1NC)C(=O)NC. The van der Waals surface area contributed by atoms with Crippen molar-refractivity contribution in [2.24, 2.45) is 5.92 Å². The van der Waals surface area contributed by atoms with Crippen LogP contribution in [0.25, 0.3) is 0 Å². The highest BCUT2D eigenvalue weighted by atomic mass is 16.2. The fraction of sp³-hybridized carbons (Fsp3) is 0.385. The summed E-state index contributed by atoms with van der Waals surface area (Å²) in [5.74, 6) is -1.27. The van der Waals surface area contributed by atoms with Crippen molar-refractivity contribution >= 4 is 17.5 Å². The number of carbonyl (C=O) groups excluding carboxylic acids is 2. The van der Waals surface area contributed by atoms with E-state index >= 15 is 0 Å². The molecule has 0 radical (unpaired) electrons. The fourth-order valence-corrected chi connectivity index (χ4v) is 1.82. The van der Waals surface area contributed by atoms with E-state index in [1.54, 1.807) is 0 Å². The summed E-state index contributed by atoms with van der Waals surface area (Å²) >= 11 is 0. The number of para-hydroxylation sites is 1. The third-order valence-electron chi connectivity index (χ3n) is 2.84. The first kappa shape index (κ1) is 14.0. The van der Waals surface area contributed by atoms with Crippen molar-refractivity contribution in [3.05, 3.63) is 29.8 Å². The number of hydrogen-bond acceptors (Lipinski definition) is 3. The van der Waals surface area contributed by atoms with Crippen LogP contribution in [0.2, 0.25) is 0 Å². The van der Waals surface area contributed by atoms with Crippen LogP contribution in [0.15, 0.2) is 24.3 Å². The van der Waals surface area contributed by atoms with E-state index in [1.807, 2.05) is 31.3 Å². The minimum absolute atomic E-state index is 0.278. The van der Waals surface area contributed by atoms with Crippen LogP contribution < -0.4 is 16.0 Å². The Morgan fingerprint density at radius 1 is 1.06 bits per heavy atom. The van der Waals surface area contributed by atoms with Gasteiger partial charge in [0, 0.05) is 26.8 Å². The van der Waals surface area contributed by atoms with Gasteiger partial charge in [-0.3, -0.25) is 9.59 Å². The zero-order chi connectivity index (χ0) is 13.5. The van der Waals surface area contributed by atoms with E-state index in [9.17, 15) is 9.59 Å². The number of amides is 2. The van der Waals surface area contributed by atoms with Gasteiger partial charge in [-0.2, -0.15) is 0 Å². The Balaban J connectivity index is 2.95. The Kier molecular flexibility index (Phi) is 5.17. The van der Waals surface area contributed by atoms with Crippen LogP contribution in [0, 0.1) is 5.92 Å². The molecule has 1 rings (SSSR count). The first-order valence-electron chi connectivity index (χ1n) is 5.82. The molecule has 0 atom stereocenters. The van der Waals surface area contributed by atoms with Crippen LogP contribution in [-0.2, 0) is 16.0 Å². The van der Waals surface area contributed by atoms with E-state index in [0.717, 1.165) is 11.3 Å². The monoisotopic (exact) mass is 249 g/mol. The summed E-state index contributed by atoms with van der Waals surface area (Å²) in [6, 6.07) is 7.62. The van der Waals surface area contributed by atoms with Crippen molar-refractivity contribution in [2.75, 3.05) is 26.5 Å². The lowest BCUT2D eigenvalue weighted by Gasteiger charge is -2.16. The van der Waals surface area contributed by atoms with Crippen LogP contribution in [0.5, 0.6) is 0 Å². The molecule has 0 saturated heterocycles. The van der Waals surface area contributed by atoms with E-state index in [0.29, 0.717) is 6.42 Å². The molecule has 0 aliphatic carbocycles. The average Bonchev–Trinajstić information content (AvgIpc) is 2.43. The lowest BCUT2D eigenvalue weighted by molar-refractivity contribution is -0.134. The van der Waals surface area contributed by atoms with Crippen molar-refractivity contribution in [3.63, 3.8) is 0 Å². The number of anilines is 1. The number of benzene rings is 1. The van der Waals surface area contributed by atoms with E-state index in [-0.39, 0.29) is 11.8 Å². The molecule has 3 N–H and O–H groups in total. The fourth-order valence-electron chi connectivity index (χ4n) is 1.82. The second kappa shape index (κ2) is 6.64. The predicted octanol–water partition coefficient (Wildman–Crippen LogP) is 0.379. The average molecular weight is 249 g/mol. The van der Waals surface area contributed by atoms with Crippen molar-refractivity contribution in [1.82, 2.24) is 10.6 Å². The lowest BCUT2D eigenvalue weighted by atomic mass is 9.96. The molecule has 0 aliphatic heterocycles. The van der Waals surface area contributed by atoms with Gasteiger partial charge in [-0.25, -0.2) is 0 Å². The molecule has 2 amide bonds. The number of nitrogens with one attached hydrogen (secondary N) is 3. The molecule has 98 valence electrons. The van der Waals surface area contributed by atoms with Gasteiger partial charge in [0.05, 0.1) is 0 Å². The van der Waals surface area contributed by atoms with Gasteiger partial charge < -0.3 is 16.0 Å². The molecule has 0 fully saturated rings. The first-order valence-corrected chi connectivity index (χ1v) is 5.82. The van der Waals surface area contributed by atoms with Crippen LogP contribution in [0.4, 0.5) is 5.69 Å². The Morgan fingerprint density at radius 3 is 2.11 bits per heavy atom. The van der Waals surface area contributed by atoms with Crippen molar-refractivity contribution in [3.8, 4) is 0 Å². The van der Waals surface area contributed by atoms with Crippen molar-refractivity contribution in [2.45, 2.75) is 6.42 Å². The molecule has 1 aromatic carbocycles. The zero-order valence-corrected chi connectivity index (χ0v) is 10.9. The molecule has 0 saturated carbocycles. The molecule has 5 heteroatoms. The molecule has 0 aromatic heterocycles. The maximum Gasteiger partial charge on any atom is 0.232 e. The molecule has 1 aromatic rings. The van der Waals surface area contributed by atoms with Crippen molar-refractivity contribution < 1.29 is 9.59 Å². The summed E-state index contributed by atoms with van der Waals surface area (Å²) < 4.78 is 0. The quantitative estimate of drug-likeness (QED) is 0.661. The number of rotatable bonds is 5. The second-order valence-corrected chi connectivity index (χ2v) is 3.89. The van der Waals surface area contributed by atoms with Gasteiger partial charge in [-0.05, 0) is 18.1 Å². The molecule has 0 heterocycles. The third kappa shape index (κ3) is 3.23. The van der Waals surface area contributed by atoms with E-state index in [1.165, 1.54) is 14.1 Å². The maximum absolute atomic E-state index is 11.7. The minimum atomic E-state index is -0.713. The van der Waals surface area contributed by atoms with Crippen molar-refractivity contribution in [1.29, 1.82) is 0 Å². The summed E-state index contributed by atoms with van der Waals surface area (Å²) in [6.07, 6.45) is 0.371. The highest BCUT2D eigenvalue weighted by molar-refractivity contribution is 6.00. The summed E-state index contributed by atoms with van der Waals surface area (Å²) in [7, 11) is 4.87. The van der Waals surface area contributed by atoms with Gasteiger partial charge in [0.25, 0.3) is 0 Å². The highest BCUT2D eigenvalue weighted by Gasteiger charge is 2.25. The largest absolute Gasteiger partial charge is 0.388 e. The molecule has 0 bridgehead atoms. The van der Waals surface area contributed by atoms with E-state index < -0.39 is 5.92 Å². The normalized spacial score (nSPS) is 10.0. The van der Waals surface area contributed by atoms with Gasteiger partial charge in [0.1, 0.15) is 5.92 Å². The van der Waals surface area contributed by atoms with Gasteiger partial charge in [-0.1, -0.05) is 18.2 Å². The van der Waals surface area contributed by atoms with Crippen LogP contribution >= 0.6 is 0 Å². The van der Waals surface area contributed by atoms with Gasteiger partial charge >= 0.3 is 0 Å². The maximum atomic E-state index is 11.7. The van der Waals surface area contributed by atoms with Crippen LogP contribution in [0.3, 0.4) is 0 Å². The molecule has 5 nitrogen and oxygen atoms in total. The molecular weight excluding hydrogens is 230 g/mol. The molecular formula is C13H19N3O2. The Morgan fingerprint density at radius 2 is 1.61 bits per heavy atom. The molecule has 18 heavy (non-hydrogen) atoms. The first-order chi connectivity index (χ1) is 8.63. The summed E-state index contributed by atoms with van der Waals surface area (Å²) in [5, 5.41) is 8.09. The topological polar surface area (TPSA) is 70.2 Å². The summed E-state index contributed by atoms with van der Waals surface area (Å²) in [5.41, 5.74) is 1.87. The Hall–Kier alpha value is -2.04. The number of hydrogen-bond donors (Lipinski definition) is 3. The third-order valence-corrected chi connectivity index (χ3v) is 2.84. The summed E-state index contributed by atoms with van der Waals surface area (Å²) in [4.78, 5) is 23.4. The van der Waals surface area contributed by atoms with Gasteiger partial charge in [-0.15, -0.1) is 0 Å². The zero-order valence-electron chi connectivity index (χ0n) is 10.9. The molecule has 0 unspecified atom stereocenters. The lowest BCUT2D eigenvalue weighted by Crippen LogP contribution is -2.40. The standard InChI is InChI=1S/C13H19N3O2/c1-14-11-7-5-4-6-9(11)8-10(12(17)15-2)13(18)16-3/h4-7,10,14H,8H2,1-3H3,(H,15,17)(H,16,18). The second-order valence-electron chi connectivity index (χ2n) is 3.89. The molecule has 0 aliphatic rings. The smallest absolute Gasteiger partial charge is 0.232 e. The highest BCUT2D eigenvalue weighted by Crippen LogP contribution is 2.18. The van der Waals surface area contributed by atoms with Gasteiger partial charge in [0.15, 0.2) is 0 Å². The minimum Gasteiger partial charge on any atom is -0.388 e. The van der Waals surface area contributed by atoms with Gasteiger partial charge in [0.2, 0.25) is 11.8 Å². The van der Waals surface area contributed by atoms with E-state index in [4.69, 9.17) is 0 Å². The Bertz CT molecular complexity index is 416. The number of carbonyl (C=O) groups is 2.